The van der Waals surface area contributed by atoms with Crippen molar-refractivity contribution in [3.63, 3.8) is 0 Å². The van der Waals surface area contributed by atoms with Crippen LogP contribution in [0.2, 0.25) is 5.02 Å². The number of ether oxygens (including phenoxy) is 1. The van der Waals surface area contributed by atoms with Gasteiger partial charge in [0.1, 0.15) is 24.0 Å². The molecule has 57 heavy (non-hydrogen) atoms. The fraction of sp³-hybridized carbons (Fsp3) is 0.435. The second-order valence-electron chi connectivity index (χ2n) is 17.1. The minimum absolute atomic E-state index is 0.0917. The number of nitrogens with zero attached hydrogens (tertiary/aromatic N) is 2. The number of halogens is 1. The summed E-state index contributed by atoms with van der Waals surface area (Å²) in [6.07, 6.45) is 7.08. The number of piperidine rings is 1. The summed E-state index contributed by atoms with van der Waals surface area (Å²) < 4.78 is 6.36. The molecule has 11 heteroatoms. The first-order chi connectivity index (χ1) is 27.2. The van der Waals surface area contributed by atoms with E-state index in [9.17, 15) is 29.2 Å². The zero-order valence-electron chi connectivity index (χ0n) is 32.7. The molecular weight excluding hydrogens is 740 g/mol. The highest BCUT2D eigenvalue weighted by atomic mass is 35.5. The number of hydrogen-bond acceptors (Lipinski definition) is 7. The number of aryl methyl sites for hydroxylation is 1. The van der Waals surface area contributed by atoms with Gasteiger partial charge in [0.05, 0.1) is 21.7 Å². The molecule has 3 fully saturated rings. The van der Waals surface area contributed by atoms with E-state index >= 15 is 0 Å². The lowest BCUT2D eigenvalue weighted by Gasteiger charge is -2.63. The SMILES string of the molecule is CC1(C)C(NC(=O)c2ccc(C#CC3CCCC(CCc4ccc5c(c4)C(=O)N(C4CCC(=O)NC4=O)C5=O)CC3)cc2)C(C)(C)C1Oc1ccc(C#N)c(Cl)c1. The largest absolute Gasteiger partial charge is 0.489 e. The topological polar surface area (TPSA) is 146 Å². The zero-order valence-corrected chi connectivity index (χ0v) is 33.5. The Balaban J connectivity index is 0.889. The summed E-state index contributed by atoms with van der Waals surface area (Å²) in [6, 6.07) is 18.8. The number of benzene rings is 3. The van der Waals surface area contributed by atoms with Gasteiger partial charge in [-0.3, -0.25) is 34.2 Å². The van der Waals surface area contributed by atoms with Crippen molar-refractivity contribution in [3.05, 3.63) is 99.1 Å². The van der Waals surface area contributed by atoms with Gasteiger partial charge >= 0.3 is 0 Å². The van der Waals surface area contributed by atoms with Crippen LogP contribution in [0, 0.1) is 45.8 Å². The fourth-order valence-corrected chi connectivity index (χ4v) is 9.77. The molecule has 5 amide bonds. The summed E-state index contributed by atoms with van der Waals surface area (Å²) in [5.74, 6) is 6.13. The molecule has 7 rings (SSSR count). The number of carbonyl (C=O) groups is 5. The van der Waals surface area contributed by atoms with Gasteiger partial charge < -0.3 is 10.1 Å². The molecule has 3 aromatic rings. The second-order valence-corrected chi connectivity index (χ2v) is 17.5. The number of amides is 5. The van der Waals surface area contributed by atoms with E-state index in [-0.39, 0.29) is 41.7 Å². The van der Waals surface area contributed by atoms with Crippen LogP contribution in [0.15, 0.2) is 60.7 Å². The first kappa shape index (κ1) is 39.8. The highest BCUT2D eigenvalue weighted by Crippen LogP contribution is 2.55. The van der Waals surface area contributed by atoms with Crippen molar-refractivity contribution in [1.82, 2.24) is 15.5 Å². The predicted molar refractivity (Wildman–Crippen MR) is 214 cm³/mol. The fourth-order valence-electron chi connectivity index (χ4n) is 9.56. The lowest BCUT2D eigenvalue weighted by Crippen LogP contribution is -2.74. The molecule has 3 aromatic carbocycles. The van der Waals surface area contributed by atoms with Gasteiger partial charge in [-0.1, -0.05) is 70.0 Å². The van der Waals surface area contributed by atoms with E-state index in [1.165, 1.54) is 0 Å². The molecule has 3 atom stereocenters. The van der Waals surface area contributed by atoms with Crippen LogP contribution < -0.4 is 15.4 Å². The van der Waals surface area contributed by atoms with E-state index in [0.717, 1.165) is 61.0 Å². The third-order valence-electron chi connectivity index (χ3n) is 12.4. The lowest BCUT2D eigenvalue weighted by atomic mass is 9.49. The van der Waals surface area contributed by atoms with Crippen LogP contribution in [0.3, 0.4) is 0 Å². The van der Waals surface area contributed by atoms with Gasteiger partial charge in [0.2, 0.25) is 11.8 Å². The maximum absolute atomic E-state index is 13.4. The molecule has 10 nitrogen and oxygen atoms in total. The van der Waals surface area contributed by atoms with Gasteiger partial charge in [0.25, 0.3) is 17.7 Å². The summed E-state index contributed by atoms with van der Waals surface area (Å²) >= 11 is 6.24. The number of hydrogen-bond donors (Lipinski definition) is 2. The molecule has 2 aliphatic carbocycles. The van der Waals surface area contributed by atoms with Crippen molar-refractivity contribution in [2.24, 2.45) is 22.7 Å². The van der Waals surface area contributed by atoms with Crippen LogP contribution in [0.5, 0.6) is 5.75 Å². The van der Waals surface area contributed by atoms with Crippen LogP contribution >= 0.6 is 11.6 Å². The van der Waals surface area contributed by atoms with Crippen molar-refractivity contribution in [2.45, 2.75) is 104 Å². The van der Waals surface area contributed by atoms with Crippen LogP contribution in [-0.2, 0) is 16.0 Å². The Kier molecular flexibility index (Phi) is 11.0. The van der Waals surface area contributed by atoms with E-state index in [4.69, 9.17) is 16.3 Å². The molecule has 2 aliphatic heterocycles. The molecule has 0 radical (unpaired) electrons. The third kappa shape index (κ3) is 7.93. The van der Waals surface area contributed by atoms with Crippen molar-refractivity contribution in [2.75, 3.05) is 0 Å². The predicted octanol–water partition coefficient (Wildman–Crippen LogP) is 7.41. The van der Waals surface area contributed by atoms with Gasteiger partial charge in [-0.05, 0) is 98.5 Å². The minimum Gasteiger partial charge on any atom is -0.489 e. The summed E-state index contributed by atoms with van der Waals surface area (Å²) in [5, 5.41) is 15.0. The first-order valence-corrected chi connectivity index (χ1v) is 20.2. The molecule has 3 unspecified atom stereocenters. The van der Waals surface area contributed by atoms with Gasteiger partial charge in [0.15, 0.2) is 0 Å². The third-order valence-corrected chi connectivity index (χ3v) is 12.7. The van der Waals surface area contributed by atoms with Crippen molar-refractivity contribution in [3.8, 4) is 23.7 Å². The van der Waals surface area contributed by atoms with E-state index in [1.807, 2.05) is 30.3 Å². The highest BCUT2D eigenvalue weighted by Gasteiger charge is 2.64. The molecular formula is C46H47ClN4O6. The molecule has 1 saturated heterocycles. The normalized spacial score (nSPS) is 24.8. The van der Waals surface area contributed by atoms with Gasteiger partial charge in [-0.15, -0.1) is 0 Å². The number of rotatable bonds is 8. The first-order valence-electron chi connectivity index (χ1n) is 19.8. The maximum Gasteiger partial charge on any atom is 0.262 e. The Bertz CT molecular complexity index is 2230. The van der Waals surface area contributed by atoms with Crippen LogP contribution in [-0.4, -0.2) is 52.6 Å². The quantitative estimate of drug-likeness (QED) is 0.138. The van der Waals surface area contributed by atoms with Crippen molar-refractivity contribution in [1.29, 1.82) is 5.26 Å². The molecule has 2 heterocycles. The van der Waals surface area contributed by atoms with E-state index in [0.29, 0.717) is 44.9 Å². The molecule has 0 bridgehead atoms. The standard InChI is InChI=1S/C46H47ClN4O6/c1-45(2)43(46(3,4)44(45)57-33-20-19-32(26-48)36(47)25-33)50-39(53)31-17-14-29(15-18-31)11-10-27-6-5-7-28(9-8-27)12-13-30-16-21-34-35(24-30)42(56)51(41(34)55)37-22-23-38(52)49-40(37)54/h14-21,24-25,27-28,37,43-44H,5-9,12-13,22-23H2,1-4H3,(H,50,53)(H,49,52,54). The highest BCUT2D eigenvalue weighted by molar-refractivity contribution is 6.31. The van der Waals surface area contributed by atoms with Crippen LogP contribution in [0.4, 0.5) is 0 Å². The van der Waals surface area contributed by atoms with Crippen LogP contribution in [0.1, 0.15) is 127 Å². The van der Waals surface area contributed by atoms with Crippen molar-refractivity contribution >= 4 is 41.1 Å². The smallest absolute Gasteiger partial charge is 0.262 e. The van der Waals surface area contributed by atoms with Gasteiger partial charge in [-0.25, -0.2) is 0 Å². The summed E-state index contributed by atoms with van der Waals surface area (Å²) in [7, 11) is 0. The monoisotopic (exact) mass is 786 g/mol. The molecule has 2 N–H and O–H groups in total. The maximum atomic E-state index is 13.4. The van der Waals surface area contributed by atoms with Gasteiger partial charge in [0, 0.05) is 46.4 Å². The average molecular weight is 787 g/mol. The Labute approximate surface area is 338 Å². The zero-order chi connectivity index (χ0) is 40.6. The van der Waals surface area contributed by atoms with Crippen LogP contribution in [0.25, 0.3) is 0 Å². The number of nitrogens with one attached hydrogen (secondary N) is 2. The molecule has 4 aliphatic rings. The number of imide groups is 2. The molecule has 294 valence electrons. The summed E-state index contributed by atoms with van der Waals surface area (Å²) in [6.45, 7) is 8.32. The lowest BCUT2D eigenvalue weighted by molar-refractivity contribution is -0.164. The van der Waals surface area contributed by atoms with Gasteiger partial charge in [-0.2, -0.15) is 5.26 Å². The van der Waals surface area contributed by atoms with Crippen molar-refractivity contribution < 1.29 is 28.7 Å². The molecule has 2 saturated carbocycles. The van der Waals surface area contributed by atoms with E-state index < -0.39 is 29.7 Å². The molecule has 0 aromatic heterocycles. The number of carbonyl (C=O) groups excluding carboxylic acids is 5. The number of fused-ring (bicyclic) bond motifs is 1. The van der Waals surface area contributed by atoms with E-state index in [1.54, 1.807) is 30.3 Å². The minimum atomic E-state index is -0.968. The Morgan fingerprint density at radius 2 is 1.65 bits per heavy atom. The Hall–Kier alpha value is -5.45. The summed E-state index contributed by atoms with van der Waals surface area (Å²) in [5.41, 5.74) is 2.71. The Morgan fingerprint density at radius 3 is 2.35 bits per heavy atom. The Morgan fingerprint density at radius 1 is 0.912 bits per heavy atom. The summed E-state index contributed by atoms with van der Waals surface area (Å²) in [4.78, 5) is 64.7. The second kappa shape index (κ2) is 15.8. The molecule has 0 spiro atoms. The number of nitriles is 1. The van der Waals surface area contributed by atoms with E-state index in [2.05, 4.69) is 56.2 Å². The average Bonchev–Trinajstić information content (AvgIpc) is 3.30.